The van der Waals surface area contributed by atoms with E-state index in [1.54, 1.807) is 24.3 Å². The summed E-state index contributed by atoms with van der Waals surface area (Å²) in [5.41, 5.74) is 0.730. The Labute approximate surface area is 151 Å². The van der Waals surface area contributed by atoms with Crippen LogP contribution in [0.1, 0.15) is 10.4 Å². The summed E-state index contributed by atoms with van der Waals surface area (Å²) in [4.78, 5) is 22.4. The van der Waals surface area contributed by atoms with Gasteiger partial charge in [0.15, 0.2) is 5.11 Å². The Morgan fingerprint density at radius 3 is 2.67 bits per heavy atom. The molecule has 0 saturated carbocycles. The molecule has 1 amide bonds. The summed E-state index contributed by atoms with van der Waals surface area (Å²) >= 11 is 8.38. The third-order valence-electron chi connectivity index (χ3n) is 2.96. The SMILES string of the molecule is COc1cc([N+](=O)[O-])ccc1NC(=S)NC(=O)c1cccc(Br)c1. The molecule has 0 atom stereocenters. The van der Waals surface area contributed by atoms with Gasteiger partial charge in [0.1, 0.15) is 5.75 Å². The van der Waals surface area contributed by atoms with Crippen molar-refractivity contribution in [1.82, 2.24) is 5.32 Å². The molecule has 0 heterocycles. The monoisotopic (exact) mass is 409 g/mol. The Morgan fingerprint density at radius 1 is 1.29 bits per heavy atom. The minimum atomic E-state index is -0.528. The third-order valence-corrected chi connectivity index (χ3v) is 3.66. The first-order valence-corrected chi connectivity index (χ1v) is 7.81. The number of nitro benzene ring substituents is 1. The van der Waals surface area contributed by atoms with Crippen LogP contribution in [0.3, 0.4) is 0 Å². The molecule has 0 bridgehead atoms. The quantitative estimate of drug-likeness (QED) is 0.455. The molecule has 0 fully saturated rings. The van der Waals surface area contributed by atoms with Crippen LogP contribution in [0.25, 0.3) is 0 Å². The van der Waals surface area contributed by atoms with Crippen LogP contribution >= 0.6 is 28.1 Å². The average Bonchev–Trinajstić information content (AvgIpc) is 2.54. The molecule has 0 aliphatic heterocycles. The second kappa shape index (κ2) is 7.84. The number of nitro groups is 1. The molecule has 2 rings (SSSR count). The Balaban J connectivity index is 2.09. The van der Waals surface area contributed by atoms with Gasteiger partial charge < -0.3 is 10.1 Å². The van der Waals surface area contributed by atoms with Crippen molar-refractivity contribution in [2.75, 3.05) is 12.4 Å². The summed E-state index contributed by atoms with van der Waals surface area (Å²) in [6.07, 6.45) is 0. The predicted octanol–water partition coefficient (Wildman–Crippen LogP) is 3.49. The van der Waals surface area contributed by atoms with E-state index in [2.05, 4.69) is 26.6 Å². The highest BCUT2D eigenvalue weighted by Crippen LogP contribution is 2.28. The zero-order chi connectivity index (χ0) is 17.7. The van der Waals surface area contributed by atoms with Crippen molar-refractivity contribution in [2.45, 2.75) is 0 Å². The lowest BCUT2D eigenvalue weighted by molar-refractivity contribution is -0.384. The lowest BCUT2D eigenvalue weighted by atomic mass is 10.2. The van der Waals surface area contributed by atoms with Crippen LogP contribution in [0.5, 0.6) is 5.75 Å². The number of non-ortho nitro benzene ring substituents is 1. The minimum Gasteiger partial charge on any atom is -0.494 e. The molecule has 24 heavy (non-hydrogen) atoms. The van der Waals surface area contributed by atoms with Gasteiger partial charge >= 0.3 is 0 Å². The average molecular weight is 410 g/mol. The number of amides is 1. The van der Waals surface area contributed by atoms with Crippen LogP contribution in [0.2, 0.25) is 0 Å². The van der Waals surface area contributed by atoms with Gasteiger partial charge in [-0.3, -0.25) is 20.2 Å². The number of ether oxygens (including phenoxy) is 1. The number of rotatable bonds is 4. The minimum absolute atomic E-state index is 0.0483. The van der Waals surface area contributed by atoms with Crippen molar-refractivity contribution in [2.24, 2.45) is 0 Å². The van der Waals surface area contributed by atoms with Gasteiger partial charge in [-0.15, -0.1) is 0 Å². The van der Waals surface area contributed by atoms with Gasteiger partial charge in [-0.1, -0.05) is 22.0 Å². The summed E-state index contributed by atoms with van der Waals surface area (Å²) < 4.78 is 5.87. The van der Waals surface area contributed by atoms with Crippen LogP contribution < -0.4 is 15.4 Å². The summed E-state index contributed by atoms with van der Waals surface area (Å²) in [6.45, 7) is 0. The van der Waals surface area contributed by atoms with Gasteiger partial charge in [0, 0.05) is 16.1 Å². The predicted molar refractivity (Wildman–Crippen MR) is 97.5 cm³/mol. The number of halogens is 1. The van der Waals surface area contributed by atoms with Crippen LogP contribution in [0.15, 0.2) is 46.9 Å². The number of benzene rings is 2. The van der Waals surface area contributed by atoms with Crippen molar-refractivity contribution >= 4 is 50.5 Å². The molecule has 0 saturated heterocycles. The number of hydrogen-bond acceptors (Lipinski definition) is 5. The summed E-state index contributed by atoms with van der Waals surface area (Å²) in [5.74, 6) is -0.141. The molecule has 0 aliphatic rings. The molecular formula is C15H12BrN3O4S. The van der Waals surface area contributed by atoms with Crippen LogP contribution in [-0.2, 0) is 0 Å². The zero-order valence-corrected chi connectivity index (χ0v) is 14.8. The first-order valence-electron chi connectivity index (χ1n) is 6.61. The van der Waals surface area contributed by atoms with E-state index < -0.39 is 4.92 Å². The lowest BCUT2D eigenvalue weighted by Gasteiger charge is -2.12. The molecule has 0 aliphatic carbocycles. The first-order chi connectivity index (χ1) is 11.4. The molecule has 0 radical (unpaired) electrons. The molecular weight excluding hydrogens is 398 g/mol. The standard InChI is InChI=1S/C15H12BrN3O4S/c1-23-13-8-11(19(21)22)5-6-12(13)17-15(24)18-14(20)9-3-2-4-10(16)7-9/h2-8H,1H3,(H2,17,18,20,24). The molecule has 2 aromatic carbocycles. The highest BCUT2D eigenvalue weighted by molar-refractivity contribution is 9.10. The van der Waals surface area contributed by atoms with E-state index >= 15 is 0 Å². The molecule has 0 spiro atoms. The normalized spacial score (nSPS) is 9.92. The number of thiocarbonyl (C=S) groups is 1. The largest absolute Gasteiger partial charge is 0.494 e. The van der Waals surface area contributed by atoms with E-state index in [0.29, 0.717) is 11.3 Å². The van der Waals surface area contributed by atoms with E-state index in [0.717, 1.165) is 4.47 Å². The summed E-state index contributed by atoms with van der Waals surface area (Å²) in [7, 11) is 1.38. The van der Waals surface area contributed by atoms with Crippen molar-refractivity contribution in [3.63, 3.8) is 0 Å². The van der Waals surface area contributed by atoms with Crippen LogP contribution in [0.4, 0.5) is 11.4 Å². The topological polar surface area (TPSA) is 93.5 Å². The summed E-state index contributed by atoms with van der Waals surface area (Å²) in [6, 6.07) is 10.9. The molecule has 2 N–H and O–H groups in total. The molecule has 9 heteroatoms. The zero-order valence-electron chi connectivity index (χ0n) is 12.4. The highest BCUT2D eigenvalue weighted by Gasteiger charge is 2.14. The van der Waals surface area contributed by atoms with Crippen molar-refractivity contribution in [1.29, 1.82) is 0 Å². The Hall–Kier alpha value is -2.52. The number of methoxy groups -OCH3 is 1. The maximum Gasteiger partial charge on any atom is 0.273 e. The Bertz CT molecular complexity index is 813. The summed E-state index contributed by atoms with van der Waals surface area (Å²) in [5, 5.41) is 16.1. The number of hydrogen-bond donors (Lipinski definition) is 2. The lowest BCUT2D eigenvalue weighted by Crippen LogP contribution is -2.34. The van der Waals surface area contributed by atoms with Gasteiger partial charge in [-0.05, 0) is 36.5 Å². The molecule has 7 nitrogen and oxygen atoms in total. The first kappa shape index (κ1) is 17.8. The molecule has 124 valence electrons. The fourth-order valence-electron chi connectivity index (χ4n) is 1.86. The van der Waals surface area contributed by atoms with Gasteiger partial charge in [0.25, 0.3) is 11.6 Å². The van der Waals surface area contributed by atoms with E-state index in [4.69, 9.17) is 17.0 Å². The smallest absolute Gasteiger partial charge is 0.273 e. The van der Waals surface area contributed by atoms with E-state index in [9.17, 15) is 14.9 Å². The second-order valence-electron chi connectivity index (χ2n) is 4.56. The van der Waals surface area contributed by atoms with Gasteiger partial charge in [-0.25, -0.2) is 0 Å². The van der Waals surface area contributed by atoms with E-state index in [1.807, 2.05) is 0 Å². The van der Waals surface area contributed by atoms with Gasteiger partial charge in [0.05, 0.1) is 23.8 Å². The second-order valence-corrected chi connectivity index (χ2v) is 5.88. The van der Waals surface area contributed by atoms with E-state index in [1.165, 1.54) is 25.3 Å². The van der Waals surface area contributed by atoms with Crippen molar-refractivity contribution < 1.29 is 14.5 Å². The van der Waals surface area contributed by atoms with Crippen LogP contribution in [0, 0.1) is 10.1 Å². The fraction of sp³-hybridized carbons (Fsp3) is 0.0667. The van der Waals surface area contributed by atoms with Crippen molar-refractivity contribution in [3.05, 3.63) is 62.6 Å². The molecule has 0 aromatic heterocycles. The number of nitrogens with one attached hydrogen (secondary N) is 2. The van der Waals surface area contributed by atoms with Crippen molar-refractivity contribution in [3.8, 4) is 5.75 Å². The fourth-order valence-corrected chi connectivity index (χ4v) is 2.46. The maximum absolute atomic E-state index is 12.1. The highest BCUT2D eigenvalue weighted by atomic mass is 79.9. The van der Waals surface area contributed by atoms with E-state index in [-0.39, 0.29) is 22.5 Å². The molecule has 2 aromatic rings. The van der Waals surface area contributed by atoms with Gasteiger partial charge in [-0.2, -0.15) is 0 Å². The maximum atomic E-state index is 12.1. The third kappa shape index (κ3) is 4.49. The molecule has 0 unspecified atom stereocenters. The number of anilines is 1. The van der Waals surface area contributed by atoms with Crippen LogP contribution in [-0.4, -0.2) is 23.1 Å². The number of carbonyl (C=O) groups is 1. The Kier molecular flexibility index (Phi) is 5.83. The van der Waals surface area contributed by atoms with Gasteiger partial charge in [0.2, 0.25) is 0 Å². The number of carbonyl (C=O) groups excluding carboxylic acids is 1. The Morgan fingerprint density at radius 2 is 2.04 bits per heavy atom. The number of nitrogens with zero attached hydrogens (tertiary/aromatic N) is 1.